The van der Waals surface area contributed by atoms with Crippen molar-refractivity contribution in [1.82, 2.24) is 4.98 Å². The van der Waals surface area contributed by atoms with Gasteiger partial charge in [0.25, 0.3) is 0 Å². The maximum Gasteiger partial charge on any atom is 0.335 e. The number of nitrogens with one attached hydrogen (secondary N) is 1. The van der Waals surface area contributed by atoms with Crippen molar-refractivity contribution in [2.75, 3.05) is 25.1 Å². The van der Waals surface area contributed by atoms with Gasteiger partial charge in [-0.1, -0.05) is 20.3 Å². The molecule has 0 unspecified atom stereocenters. The quantitative estimate of drug-likeness (QED) is 0.645. The van der Waals surface area contributed by atoms with Crippen LogP contribution in [0.3, 0.4) is 0 Å². The first-order valence-corrected chi connectivity index (χ1v) is 7.23. The van der Waals surface area contributed by atoms with Gasteiger partial charge in [-0.05, 0) is 31.4 Å². The number of hydrogen-bond donors (Lipinski definition) is 2. The summed E-state index contributed by atoms with van der Waals surface area (Å²) in [6.45, 7) is 6.35. The van der Waals surface area contributed by atoms with E-state index in [2.05, 4.69) is 17.2 Å². The summed E-state index contributed by atoms with van der Waals surface area (Å²) in [7, 11) is 0. The van der Waals surface area contributed by atoms with Gasteiger partial charge in [-0.25, -0.2) is 9.78 Å². The van der Waals surface area contributed by atoms with E-state index < -0.39 is 5.97 Å². The number of carboxylic acids is 1. The lowest BCUT2D eigenvalue weighted by Crippen LogP contribution is -2.09. The Balaban J connectivity index is 2.53. The van der Waals surface area contributed by atoms with Crippen LogP contribution in [0.15, 0.2) is 12.1 Å². The molecule has 1 aromatic heterocycles. The normalized spacial score (nSPS) is 10.5. The Bertz CT molecular complexity index is 422. The molecule has 112 valence electrons. The number of aryl methyl sites for hydroxylation is 1. The molecule has 0 amide bonds. The van der Waals surface area contributed by atoms with E-state index >= 15 is 0 Å². The zero-order chi connectivity index (χ0) is 14.8. The molecular formula is C15H24N2O3. The zero-order valence-corrected chi connectivity index (χ0v) is 12.3. The van der Waals surface area contributed by atoms with Gasteiger partial charge in [-0.15, -0.1) is 0 Å². The van der Waals surface area contributed by atoms with Crippen molar-refractivity contribution in [2.24, 2.45) is 0 Å². The maximum absolute atomic E-state index is 11.1. The minimum absolute atomic E-state index is 0.285. The third-order valence-corrected chi connectivity index (χ3v) is 2.75. The molecule has 5 nitrogen and oxygen atoms in total. The summed E-state index contributed by atoms with van der Waals surface area (Å²) < 4.78 is 5.39. The van der Waals surface area contributed by atoms with E-state index in [1.54, 1.807) is 12.1 Å². The van der Waals surface area contributed by atoms with Crippen LogP contribution < -0.4 is 5.32 Å². The number of aromatic carboxylic acids is 1. The number of rotatable bonds is 10. The van der Waals surface area contributed by atoms with Crippen molar-refractivity contribution in [3.63, 3.8) is 0 Å². The molecule has 1 heterocycles. The second kappa shape index (κ2) is 9.31. The first kappa shape index (κ1) is 16.4. The van der Waals surface area contributed by atoms with Crippen molar-refractivity contribution in [3.05, 3.63) is 23.4 Å². The molecular weight excluding hydrogens is 256 g/mol. The largest absolute Gasteiger partial charge is 0.478 e. The number of pyridine rings is 1. The third kappa shape index (κ3) is 6.02. The van der Waals surface area contributed by atoms with Crippen LogP contribution in [0.4, 0.5) is 5.82 Å². The van der Waals surface area contributed by atoms with E-state index in [4.69, 9.17) is 9.84 Å². The Morgan fingerprint density at radius 1 is 1.30 bits per heavy atom. The molecule has 0 bridgehead atoms. The summed E-state index contributed by atoms with van der Waals surface area (Å²) >= 11 is 0. The fourth-order valence-corrected chi connectivity index (χ4v) is 1.82. The molecule has 20 heavy (non-hydrogen) atoms. The van der Waals surface area contributed by atoms with Gasteiger partial charge in [0.1, 0.15) is 5.82 Å². The Labute approximate surface area is 120 Å². The van der Waals surface area contributed by atoms with Crippen LogP contribution in [0.5, 0.6) is 0 Å². The average Bonchev–Trinajstić information content (AvgIpc) is 2.43. The van der Waals surface area contributed by atoms with Gasteiger partial charge in [0.05, 0.1) is 5.56 Å². The molecule has 2 N–H and O–H groups in total. The predicted octanol–water partition coefficient (Wildman–Crippen LogP) is 2.96. The Morgan fingerprint density at radius 3 is 2.75 bits per heavy atom. The molecule has 0 aliphatic carbocycles. The number of anilines is 1. The van der Waals surface area contributed by atoms with Crippen molar-refractivity contribution in [2.45, 2.75) is 39.5 Å². The van der Waals surface area contributed by atoms with Crippen molar-refractivity contribution < 1.29 is 14.6 Å². The van der Waals surface area contributed by atoms with Crippen LogP contribution in [0.25, 0.3) is 0 Å². The fourth-order valence-electron chi connectivity index (χ4n) is 1.82. The Kier molecular flexibility index (Phi) is 7.65. The highest BCUT2D eigenvalue weighted by molar-refractivity contribution is 5.88. The molecule has 5 heteroatoms. The van der Waals surface area contributed by atoms with Crippen LogP contribution in [0, 0.1) is 0 Å². The molecule has 0 saturated carbocycles. The number of aromatic nitrogens is 1. The standard InChI is InChI=1S/C15H24N2O3/c1-3-6-13-10-12(15(18)19)11-14(17-13)16-7-5-9-20-8-4-2/h10-11H,3-9H2,1-2H3,(H,16,17)(H,18,19). The van der Waals surface area contributed by atoms with E-state index in [9.17, 15) is 4.79 Å². The molecule has 0 aliphatic heterocycles. The summed E-state index contributed by atoms with van der Waals surface area (Å²) in [4.78, 5) is 15.5. The van der Waals surface area contributed by atoms with Crippen LogP contribution >= 0.6 is 0 Å². The topological polar surface area (TPSA) is 71.5 Å². The second-order valence-electron chi connectivity index (χ2n) is 4.68. The summed E-state index contributed by atoms with van der Waals surface area (Å²) in [5.41, 5.74) is 1.10. The molecule has 0 radical (unpaired) electrons. The third-order valence-electron chi connectivity index (χ3n) is 2.75. The van der Waals surface area contributed by atoms with Gasteiger partial charge in [0, 0.05) is 25.5 Å². The lowest BCUT2D eigenvalue weighted by atomic mass is 10.1. The molecule has 0 saturated heterocycles. The van der Waals surface area contributed by atoms with E-state index in [-0.39, 0.29) is 5.56 Å². The number of carbonyl (C=O) groups is 1. The van der Waals surface area contributed by atoms with Gasteiger partial charge in [0.15, 0.2) is 0 Å². The summed E-state index contributed by atoms with van der Waals surface area (Å²) in [6.07, 6.45) is 3.63. The monoisotopic (exact) mass is 280 g/mol. The molecule has 0 spiro atoms. The number of nitrogens with zero attached hydrogens (tertiary/aromatic N) is 1. The second-order valence-corrected chi connectivity index (χ2v) is 4.68. The van der Waals surface area contributed by atoms with E-state index in [1.807, 2.05) is 6.92 Å². The minimum atomic E-state index is -0.918. The lowest BCUT2D eigenvalue weighted by molar-refractivity contribution is 0.0696. The lowest BCUT2D eigenvalue weighted by Gasteiger charge is -2.09. The van der Waals surface area contributed by atoms with Crippen LogP contribution in [0.2, 0.25) is 0 Å². The first-order chi connectivity index (χ1) is 9.67. The highest BCUT2D eigenvalue weighted by Crippen LogP contribution is 2.12. The van der Waals surface area contributed by atoms with Gasteiger partial charge in [-0.3, -0.25) is 0 Å². The van der Waals surface area contributed by atoms with Crippen molar-refractivity contribution in [1.29, 1.82) is 0 Å². The average molecular weight is 280 g/mol. The van der Waals surface area contributed by atoms with E-state index in [1.165, 1.54) is 0 Å². The van der Waals surface area contributed by atoms with Crippen LogP contribution in [0.1, 0.15) is 49.2 Å². The first-order valence-electron chi connectivity index (χ1n) is 7.23. The Hall–Kier alpha value is -1.62. The van der Waals surface area contributed by atoms with Crippen molar-refractivity contribution >= 4 is 11.8 Å². The summed E-state index contributed by atoms with van der Waals surface area (Å²) in [5, 5.41) is 12.3. The van der Waals surface area contributed by atoms with E-state index in [0.717, 1.165) is 44.5 Å². The number of carboxylic acid groups (broad SMARTS) is 1. The zero-order valence-electron chi connectivity index (χ0n) is 12.3. The van der Waals surface area contributed by atoms with Gasteiger partial charge in [-0.2, -0.15) is 0 Å². The highest BCUT2D eigenvalue weighted by atomic mass is 16.5. The summed E-state index contributed by atoms with van der Waals surface area (Å²) in [6, 6.07) is 3.22. The van der Waals surface area contributed by atoms with Crippen LogP contribution in [-0.4, -0.2) is 35.8 Å². The number of ether oxygens (including phenoxy) is 1. The molecule has 0 aromatic carbocycles. The number of hydrogen-bond acceptors (Lipinski definition) is 4. The SMILES string of the molecule is CCCOCCCNc1cc(C(=O)O)cc(CCC)n1. The smallest absolute Gasteiger partial charge is 0.335 e. The fraction of sp³-hybridized carbons (Fsp3) is 0.600. The van der Waals surface area contributed by atoms with Gasteiger partial charge < -0.3 is 15.2 Å². The predicted molar refractivity (Wildman–Crippen MR) is 79.4 cm³/mol. The molecule has 0 atom stereocenters. The Morgan fingerprint density at radius 2 is 2.10 bits per heavy atom. The summed E-state index contributed by atoms with van der Waals surface area (Å²) in [5.74, 6) is -0.289. The minimum Gasteiger partial charge on any atom is -0.478 e. The maximum atomic E-state index is 11.1. The molecule has 1 aromatic rings. The van der Waals surface area contributed by atoms with Crippen LogP contribution in [-0.2, 0) is 11.2 Å². The van der Waals surface area contributed by atoms with Gasteiger partial charge >= 0.3 is 5.97 Å². The molecule has 0 aliphatic rings. The van der Waals surface area contributed by atoms with E-state index in [0.29, 0.717) is 12.4 Å². The van der Waals surface area contributed by atoms with Gasteiger partial charge in [0.2, 0.25) is 0 Å². The highest BCUT2D eigenvalue weighted by Gasteiger charge is 2.08. The van der Waals surface area contributed by atoms with Crippen molar-refractivity contribution in [3.8, 4) is 0 Å². The molecule has 0 fully saturated rings. The molecule has 1 rings (SSSR count).